The van der Waals surface area contributed by atoms with Gasteiger partial charge in [-0.3, -0.25) is 9.79 Å². The highest BCUT2D eigenvalue weighted by atomic mass is 16.5. The largest absolute Gasteiger partial charge is 0.478 e. The average molecular weight is 987 g/mol. The molecule has 0 spiro atoms. The van der Waals surface area contributed by atoms with Gasteiger partial charge in [0.2, 0.25) is 0 Å². The van der Waals surface area contributed by atoms with Crippen LogP contribution in [0.2, 0.25) is 0 Å². The Kier molecular flexibility index (Phi) is 18.8. The predicted octanol–water partition coefficient (Wildman–Crippen LogP) is 7.50. The van der Waals surface area contributed by atoms with Gasteiger partial charge in [0.05, 0.1) is 102 Å². The van der Waals surface area contributed by atoms with Crippen LogP contribution >= 0.6 is 0 Å². The Bertz CT molecular complexity index is 3350. The van der Waals surface area contributed by atoms with Crippen LogP contribution in [-0.2, 0) is 35.4 Å². The summed E-state index contributed by atoms with van der Waals surface area (Å²) in [6.07, 6.45) is 17.2. The SMILES string of the molecule is C#Cc1c(C)ncn1C.CC1=C(C=O)CC=N1.COC(=O)c1cccc(-n2cc(-c3c(C)ncn3C)nn2)c1.COC(=O)c1cccc(N=[N+]=[N-])c1.Cc1ncn(C)c1-c1cn(-c2cccc(C(=O)O)c2)nn1. The number of benzene rings is 3. The van der Waals surface area contributed by atoms with Gasteiger partial charge in [-0.1, -0.05) is 45.7 Å². The van der Waals surface area contributed by atoms with E-state index in [1.807, 2.05) is 68.6 Å². The number of aromatic nitrogens is 12. The number of aliphatic imine (C=N–C) groups is 1. The van der Waals surface area contributed by atoms with Crippen molar-refractivity contribution in [2.45, 2.75) is 34.1 Å². The summed E-state index contributed by atoms with van der Waals surface area (Å²) in [7, 11) is 8.33. The first-order chi connectivity index (χ1) is 35.0. The lowest BCUT2D eigenvalue weighted by Gasteiger charge is -2.03. The number of imidazole rings is 3. The first kappa shape index (κ1) is 53.9. The van der Waals surface area contributed by atoms with Crippen LogP contribution in [0.3, 0.4) is 0 Å². The van der Waals surface area contributed by atoms with E-state index in [-0.39, 0.29) is 11.5 Å². The number of azide groups is 1. The molecule has 372 valence electrons. The van der Waals surface area contributed by atoms with Gasteiger partial charge in [0.1, 0.15) is 23.4 Å². The number of rotatable bonds is 9. The predicted molar refractivity (Wildman–Crippen MR) is 269 cm³/mol. The Morgan fingerprint density at radius 3 is 1.59 bits per heavy atom. The van der Waals surface area contributed by atoms with Crippen molar-refractivity contribution in [2.75, 3.05) is 14.2 Å². The number of carboxylic acid groups (broad SMARTS) is 1. The van der Waals surface area contributed by atoms with Gasteiger partial charge in [-0.2, -0.15) is 0 Å². The molecule has 0 aliphatic carbocycles. The molecule has 6 heterocycles. The third-order valence-electron chi connectivity index (χ3n) is 10.5. The standard InChI is InChI=1S/C15H15N5O2.C14H13N5O2.C8H7N3O2.C7H8N2.C6H7NO/c1-10-14(19(2)9-16-10)13-8-20(18-17-13)12-6-4-5-11(7-12)15(21)22-3;1-9-13(18(2)8-15-9)12-7-19(17-16-12)11-5-3-4-10(6-11)14(20)21;1-13-8(12)6-3-2-4-7(5-6)10-11-9;1-4-7-6(2)8-5-9(7)3;1-5-6(4-8)2-3-7-5/h4-9H,1-3H3;3-8H,1-2H3,(H,20,21);2-5H,1H3;1,5H,2-3H3;3-4H,2H2,1H3. The van der Waals surface area contributed by atoms with E-state index in [0.717, 1.165) is 69.5 Å². The monoisotopic (exact) mass is 986 g/mol. The first-order valence-corrected chi connectivity index (χ1v) is 21.7. The second-order valence-electron chi connectivity index (χ2n) is 15.5. The number of carbonyl (C=O) groups excluding carboxylic acids is 3. The molecule has 0 amide bonds. The second kappa shape index (κ2) is 25.5. The third-order valence-corrected chi connectivity index (χ3v) is 10.5. The summed E-state index contributed by atoms with van der Waals surface area (Å²) in [4.78, 5) is 62.7. The van der Waals surface area contributed by atoms with Gasteiger partial charge in [-0.25, -0.2) is 38.7 Å². The minimum absolute atomic E-state index is 0.210. The number of aldehydes is 1. The zero-order valence-corrected chi connectivity index (χ0v) is 41.3. The molecular weight excluding hydrogens is 937 g/mol. The van der Waals surface area contributed by atoms with E-state index in [2.05, 4.69) is 61.3 Å². The smallest absolute Gasteiger partial charge is 0.337 e. The Balaban J connectivity index is 0.000000179. The summed E-state index contributed by atoms with van der Waals surface area (Å²) in [6.45, 7) is 7.56. The topological polar surface area (TPSA) is 283 Å². The first-order valence-electron chi connectivity index (χ1n) is 21.7. The van der Waals surface area contributed by atoms with Crippen LogP contribution in [0, 0.1) is 33.1 Å². The molecule has 23 nitrogen and oxygen atoms in total. The second-order valence-corrected chi connectivity index (χ2v) is 15.5. The molecule has 0 radical (unpaired) electrons. The van der Waals surface area contributed by atoms with E-state index in [1.165, 1.54) is 26.4 Å². The van der Waals surface area contributed by atoms with E-state index in [0.29, 0.717) is 28.2 Å². The van der Waals surface area contributed by atoms with E-state index in [1.54, 1.807) is 102 Å². The fourth-order valence-corrected chi connectivity index (χ4v) is 6.76. The number of nitrogens with zero attached hydrogens (tertiary/aromatic N) is 16. The quantitative estimate of drug-likeness (QED) is 0.0366. The Hall–Kier alpha value is -10.1. The van der Waals surface area contributed by atoms with Crippen molar-refractivity contribution in [1.82, 2.24) is 58.6 Å². The maximum atomic E-state index is 11.6. The van der Waals surface area contributed by atoms with Gasteiger partial charge >= 0.3 is 17.9 Å². The van der Waals surface area contributed by atoms with Gasteiger partial charge in [-0.15, -0.1) is 16.6 Å². The molecule has 1 N–H and O–H groups in total. The highest BCUT2D eigenvalue weighted by Crippen LogP contribution is 2.23. The van der Waals surface area contributed by atoms with E-state index < -0.39 is 11.9 Å². The van der Waals surface area contributed by atoms with Crippen molar-refractivity contribution in [2.24, 2.45) is 31.2 Å². The molecule has 1 aliphatic rings. The summed E-state index contributed by atoms with van der Waals surface area (Å²) in [6, 6.07) is 19.8. The van der Waals surface area contributed by atoms with Gasteiger partial charge in [-0.05, 0) is 81.8 Å². The van der Waals surface area contributed by atoms with Gasteiger partial charge in [0, 0.05) is 55.6 Å². The summed E-state index contributed by atoms with van der Waals surface area (Å²) >= 11 is 0. The number of carbonyl (C=O) groups is 4. The number of methoxy groups -OCH3 is 2. The summed E-state index contributed by atoms with van der Waals surface area (Å²) in [5.41, 5.74) is 19.4. The lowest BCUT2D eigenvalue weighted by atomic mass is 10.2. The Morgan fingerprint density at radius 2 is 1.21 bits per heavy atom. The highest BCUT2D eigenvalue weighted by Gasteiger charge is 2.15. The van der Waals surface area contributed by atoms with Crippen molar-refractivity contribution in [3.8, 4) is 46.5 Å². The molecule has 9 rings (SSSR count). The normalized spacial score (nSPS) is 10.9. The maximum Gasteiger partial charge on any atom is 0.337 e. The molecule has 0 saturated heterocycles. The molecule has 73 heavy (non-hydrogen) atoms. The molecule has 0 bridgehead atoms. The van der Waals surface area contributed by atoms with Crippen LogP contribution < -0.4 is 0 Å². The van der Waals surface area contributed by atoms with E-state index in [9.17, 15) is 19.2 Å². The van der Waals surface area contributed by atoms with Gasteiger partial charge in [0.25, 0.3) is 0 Å². The number of esters is 2. The van der Waals surface area contributed by atoms with Crippen LogP contribution in [-0.4, -0.2) is 108 Å². The summed E-state index contributed by atoms with van der Waals surface area (Å²) < 4.78 is 18.0. The molecular formula is C50H50N16O7. The fourth-order valence-electron chi connectivity index (χ4n) is 6.76. The number of aryl methyl sites for hydroxylation is 6. The van der Waals surface area contributed by atoms with Crippen molar-refractivity contribution < 1.29 is 33.8 Å². The van der Waals surface area contributed by atoms with Crippen LogP contribution in [0.1, 0.15) is 67.2 Å². The minimum atomic E-state index is -0.973. The molecule has 5 aromatic heterocycles. The number of hydrogen-bond acceptors (Lipinski definition) is 15. The van der Waals surface area contributed by atoms with Crippen LogP contribution in [0.25, 0.3) is 44.6 Å². The van der Waals surface area contributed by atoms with Crippen LogP contribution in [0.4, 0.5) is 5.69 Å². The molecule has 1 aliphatic heterocycles. The highest BCUT2D eigenvalue weighted by molar-refractivity contribution is 5.91. The van der Waals surface area contributed by atoms with Crippen molar-refractivity contribution >= 4 is 36.1 Å². The van der Waals surface area contributed by atoms with Crippen molar-refractivity contribution in [1.29, 1.82) is 0 Å². The number of carboxylic acids is 1. The number of ether oxygens (including phenoxy) is 2. The number of aromatic carboxylic acids is 1. The van der Waals surface area contributed by atoms with Crippen LogP contribution in [0.15, 0.2) is 126 Å². The Morgan fingerprint density at radius 1 is 0.726 bits per heavy atom. The average Bonchev–Trinajstić information content (AvgIpc) is 4.29. The minimum Gasteiger partial charge on any atom is -0.478 e. The molecule has 0 saturated carbocycles. The zero-order chi connectivity index (χ0) is 53.2. The van der Waals surface area contributed by atoms with E-state index >= 15 is 0 Å². The lowest BCUT2D eigenvalue weighted by Crippen LogP contribution is -2.03. The van der Waals surface area contributed by atoms with Crippen molar-refractivity contribution in [3.63, 3.8) is 0 Å². The summed E-state index contributed by atoms with van der Waals surface area (Å²) in [5.74, 6) is 0.738. The molecule has 0 atom stereocenters. The lowest BCUT2D eigenvalue weighted by molar-refractivity contribution is -0.105. The number of terminal acetylenes is 1. The van der Waals surface area contributed by atoms with Gasteiger partial charge in [0.15, 0.2) is 0 Å². The molecule has 23 heteroatoms. The maximum absolute atomic E-state index is 11.6. The third kappa shape index (κ3) is 14.0. The fraction of sp³-hybridized carbons (Fsp3) is 0.200. The molecule has 8 aromatic rings. The number of hydrogen-bond donors (Lipinski definition) is 1. The summed E-state index contributed by atoms with van der Waals surface area (Å²) in [5, 5.41) is 28.9. The molecule has 0 fully saturated rings. The number of allylic oxidation sites excluding steroid dienone is 2. The van der Waals surface area contributed by atoms with Crippen molar-refractivity contribution in [3.05, 3.63) is 165 Å². The zero-order valence-electron chi connectivity index (χ0n) is 41.3. The van der Waals surface area contributed by atoms with Crippen LogP contribution in [0.5, 0.6) is 0 Å². The Labute approximate surface area is 418 Å². The van der Waals surface area contributed by atoms with Gasteiger partial charge < -0.3 is 28.3 Å². The molecule has 3 aromatic carbocycles. The van der Waals surface area contributed by atoms with E-state index in [4.69, 9.17) is 21.8 Å². The molecule has 0 unspecified atom stereocenters.